The van der Waals surface area contributed by atoms with Crippen LogP contribution in [0.2, 0.25) is 0 Å². The number of hydrogen-bond acceptors (Lipinski definition) is 3. The van der Waals surface area contributed by atoms with Crippen molar-refractivity contribution in [2.45, 2.75) is 63.6 Å². The van der Waals surface area contributed by atoms with E-state index in [-0.39, 0.29) is 6.42 Å². The topological polar surface area (TPSA) is 75.3 Å². The third kappa shape index (κ3) is 5.14. The van der Waals surface area contributed by atoms with Gasteiger partial charge in [0.05, 0.1) is 0 Å². The highest BCUT2D eigenvalue weighted by molar-refractivity contribution is 5.66. The van der Waals surface area contributed by atoms with E-state index in [4.69, 9.17) is 10.8 Å². The van der Waals surface area contributed by atoms with Crippen LogP contribution in [0.3, 0.4) is 0 Å². The van der Waals surface area contributed by atoms with Crippen LogP contribution in [0.1, 0.15) is 45.4 Å². The third-order valence-electron chi connectivity index (χ3n) is 3.08. The number of carboxylic acids is 1. The van der Waals surface area contributed by atoms with Gasteiger partial charge < -0.3 is 16.2 Å². The lowest BCUT2D eigenvalue weighted by atomic mass is 9.91. The van der Waals surface area contributed by atoms with Crippen LogP contribution in [0.25, 0.3) is 0 Å². The Labute approximate surface area is 91.2 Å². The number of rotatable bonds is 5. The maximum absolute atomic E-state index is 10.4. The number of aliphatic carboxylic acids is 1. The lowest BCUT2D eigenvalue weighted by molar-refractivity contribution is -0.137. The first-order valence-corrected chi connectivity index (χ1v) is 5.81. The van der Waals surface area contributed by atoms with Gasteiger partial charge >= 0.3 is 5.97 Å². The number of hydrogen-bond donors (Lipinski definition) is 3. The molecule has 15 heavy (non-hydrogen) atoms. The van der Waals surface area contributed by atoms with Crippen LogP contribution in [-0.2, 0) is 4.79 Å². The minimum atomic E-state index is -0.714. The van der Waals surface area contributed by atoms with Gasteiger partial charge in [0.1, 0.15) is 0 Å². The van der Waals surface area contributed by atoms with Gasteiger partial charge in [-0.1, -0.05) is 0 Å². The smallest absolute Gasteiger partial charge is 0.303 e. The minimum Gasteiger partial charge on any atom is -0.481 e. The molecule has 4 heteroatoms. The SMILES string of the molecule is CC(CCC(=O)O)NC1CCC(N)CC1. The van der Waals surface area contributed by atoms with Gasteiger partial charge in [-0.25, -0.2) is 0 Å². The fraction of sp³-hybridized carbons (Fsp3) is 0.909. The average molecular weight is 214 g/mol. The maximum atomic E-state index is 10.4. The van der Waals surface area contributed by atoms with Crippen LogP contribution in [0, 0.1) is 0 Å². The van der Waals surface area contributed by atoms with Crippen LogP contribution in [0.4, 0.5) is 0 Å². The predicted octanol–water partition coefficient (Wildman–Crippen LogP) is 1.10. The van der Waals surface area contributed by atoms with E-state index in [2.05, 4.69) is 12.2 Å². The third-order valence-corrected chi connectivity index (χ3v) is 3.08. The van der Waals surface area contributed by atoms with Crippen molar-refractivity contribution < 1.29 is 9.90 Å². The summed E-state index contributed by atoms with van der Waals surface area (Å²) in [5, 5.41) is 12.0. The molecule has 0 spiro atoms. The molecule has 0 heterocycles. The van der Waals surface area contributed by atoms with Crippen LogP contribution < -0.4 is 11.1 Å². The standard InChI is InChI=1S/C11H22N2O2/c1-8(2-7-11(14)15)13-10-5-3-9(12)4-6-10/h8-10,13H,2-7,12H2,1H3,(H,14,15). The highest BCUT2D eigenvalue weighted by atomic mass is 16.4. The summed E-state index contributed by atoms with van der Waals surface area (Å²) >= 11 is 0. The molecular weight excluding hydrogens is 192 g/mol. The molecule has 1 rings (SSSR count). The molecule has 1 saturated carbocycles. The molecule has 0 aromatic rings. The Morgan fingerprint density at radius 2 is 2.07 bits per heavy atom. The summed E-state index contributed by atoms with van der Waals surface area (Å²) in [5.41, 5.74) is 5.82. The quantitative estimate of drug-likeness (QED) is 0.640. The lowest BCUT2D eigenvalue weighted by Crippen LogP contribution is -2.41. The molecule has 4 nitrogen and oxygen atoms in total. The first kappa shape index (κ1) is 12.5. The van der Waals surface area contributed by atoms with Crippen molar-refractivity contribution in [3.05, 3.63) is 0 Å². The Kier molecular flexibility index (Phi) is 5.05. The normalized spacial score (nSPS) is 28.7. The van der Waals surface area contributed by atoms with E-state index in [9.17, 15) is 4.79 Å². The van der Waals surface area contributed by atoms with Gasteiger partial charge in [0.25, 0.3) is 0 Å². The van der Waals surface area contributed by atoms with Crippen molar-refractivity contribution in [2.75, 3.05) is 0 Å². The summed E-state index contributed by atoms with van der Waals surface area (Å²) in [6.45, 7) is 2.05. The molecule has 0 aliphatic heterocycles. The zero-order valence-corrected chi connectivity index (χ0v) is 9.41. The molecule has 0 aromatic carbocycles. The van der Waals surface area contributed by atoms with Gasteiger partial charge in [-0.2, -0.15) is 0 Å². The Morgan fingerprint density at radius 1 is 1.47 bits per heavy atom. The largest absolute Gasteiger partial charge is 0.481 e. The predicted molar refractivity (Wildman–Crippen MR) is 59.7 cm³/mol. The Balaban J connectivity index is 2.14. The molecule has 88 valence electrons. The molecule has 0 radical (unpaired) electrons. The summed E-state index contributed by atoms with van der Waals surface area (Å²) in [4.78, 5) is 10.4. The van der Waals surface area contributed by atoms with Crippen LogP contribution >= 0.6 is 0 Å². The highest BCUT2D eigenvalue weighted by Crippen LogP contribution is 2.17. The Morgan fingerprint density at radius 3 is 2.60 bits per heavy atom. The maximum Gasteiger partial charge on any atom is 0.303 e. The van der Waals surface area contributed by atoms with E-state index in [0.717, 1.165) is 25.7 Å². The lowest BCUT2D eigenvalue weighted by Gasteiger charge is -2.29. The van der Waals surface area contributed by atoms with Crippen molar-refractivity contribution in [1.82, 2.24) is 5.32 Å². The van der Waals surface area contributed by atoms with Gasteiger partial charge in [0.2, 0.25) is 0 Å². The Bertz CT molecular complexity index is 201. The second-order valence-corrected chi connectivity index (χ2v) is 4.61. The number of nitrogens with one attached hydrogen (secondary N) is 1. The van der Waals surface area contributed by atoms with E-state index in [0.29, 0.717) is 24.5 Å². The first-order valence-electron chi connectivity index (χ1n) is 5.81. The van der Waals surface area contributed by atoms with E-state index in [1.165, 1.54) is 0 Å². The van der Waals surface area contributed by atoms with E-state index >= 15 is 0 Å². The molecule has 0 saturated heterocycles. The summed E-state index contributed by atoms with van der Waals surface area (Å²) < 4.78 is 0. The average Bonchev–Trinajstić information content (AvgIpc) is 2.19. The molecule has 1 unspecified atom stereocenters. The zero-order chi connectivity index (χ0) is 11.3. The van der Waals surface area contributed by atoms with E-state index in [1.807, 2.05) is 0 Å². The Hall–Kier alpha value is -0.610. The van der Waals surface area contributed by atoms with Crippen LogP contribution in [0.15, 0.2) is 0 Å². The number of carbonyl (C=O) groups is 1. The van der Waals surface area contributed by atoms with Crippen molar-refractivity contribution in [3.8, 4) is 0 Å². The monoisotopic (exact) mass is 214 g/mol. The van der Waals surface area contributed by atoms with Gasteiger partial charge in [0.15, 0.2) is 0 Å². The molecule has 1 atom stereocenters. The minimum absolute atomic E-state index is 0.250. The molecule has 1 aliphatic rings. The molecule has 0 amide bonds. The number of nitrogens with two attached hydrogens (primary N) is 1. The first-order chi connectivity index (χ1) is 7.08. The summed E-state index contributed by atoms with van der Waals surface area (Å²) in [5.74, 6) is -0.714. The van der Waals surface area contributed by atoms with Crippen molar-refractivity contribution in [3.63, 3.8) is 0 Å². The summed E-state index contributed by atoms with van der Waals surface area (Å²) in [6, 6.07) is 1.20. The van der Waals surface area contributed by atoms with Gasteiger partial charge in [0, 0.05) is 24.5 Å². The van der Waals surface area contributed by atoms with Gasteiger partial charge in [-0.3, -0.25) is 4.79 Å². The molecule has 0 aromatic heterocycles. The van der Waals surface area contributed by atoms with Crippen molar-refractivity contribution >= 4 is 5.97 Å². The van der Waals surface area contributed by atoms with E-state index < -0.39 is 5.97 Å². The fourth-order valence-corrected chi connectivity index (χ4v) is 2.11. The summed E-state index contributed by atoms with van der Waals surface area (Å²) in [7, 11) is 0. The molecule has 1 fully saturated rings. The number of carboxylic acid groups (broad SMARTS) is 1. The molecular formula is C11H22N2O2. The van der Waals surface area contributed by atoms with Gasteiger partial charge in [-0.15, -0.1) is 0 Å². The van der Waals surface area contributed by atoms with Gasteiger partial charge in [-0.05, 0) is 39.0 Å². The molecule has 1 aliphatic carbocycles. The van der Waals surface area contributed by atoms with Crippen molar-refractivity contribution in [1.29, 1.82) is 0 Å². The van der Waals surface area contributed by atoms with E-state index in [1.54, 1.807) is 0 Å². The highest BCUT2D eigenvalue weighted by Gasteiger charge is 2.19. The second-order valence-electron chi connectivity index (χ2n) is 4.61. The molecule has 0 bridgehead atoms. The molecule has 4 N–H and O–H groups in total. The zero-order valence-electron chi connectivity index (χ0n) is 9.41. The van der Waals surface area contributed by atoms with Crippen molar-refractivity contribution in [2.24, 2.45) is 5.73 Å². The fourth-order valence-electron chi connectivity index (χ4n) is 2.11. The summed E-state index contributed by atoms with van der Waals surface area (Å²) in [6.07, 6.45) is 5.38. The van der Waals surface area contributed by atoms with Crippen LogP contribution in [0.5, 0.6) is 0 Å². The second kappa shape index (κ2) is 6.08. The van der Waals surface area contributed by atoms with Crippen LogP contribution in [-0.4, -0.2) is 29.2 Å².